The van der Waals surface area contributed by atoms with Crippen molar-refractivity contribution in [3.05, 3.63) is 23.8 Å². The highest BCUT2D eigenvalue weighted by Crippen LogP contribution is 2.28. The molecule has 118 valence electrons. The van der Waals surface area contributed by atoms with Crippen molar-refractivity contribution in [2.24, 2.45) is 5.92 Å². The fourth-order valence-corrected chi connectivity index (χ4v) is 3.08. The van der Waals surface area contributed by atoms with Crippen molar-refractivity contribution in [3.8, 4) is 11.5 Å². The van der Waals surface area contributed by atoms with E-state index in [1.165, 1.54) is 31.2 Å². The van der Waals surface area contributed by atoms with Gasteiger partial charge >= 0.3 is 0 Å². The molecule has 0 amide bonds. The van der Waals surface area contributed by atoms with Crippen molar-refractivity contribution < 1.29 is 9.47 Å². The number of hydrogen-bond donors (Lipinski definition) is 1. The number of rotatable bonds is 7. The molecule has 0 bridgehead atoms. The molecule has 0 radical (unpaired) electrons. The smallest absolute Gasteiger partial charge is 0.161 e. The second kappa shape index (κ2) is 8.28. The van der Waals surface area contributed by atoms with Gasteiger partial charge in [0.2, 0.25) is 0 Å². The van der Waals surface area contributed by atoms with Gasteiger partial charge < -0.3 is 14.8 Å². The molecule has 0 spiro atoms. The predicted molar refractivity (Wildman–Crippen MR) is 87.3 cm³/mol. The van der Waals surface area contributed by atoms with E-state index in [2.05, 4.69) is 31.3 Å². The van der Waals surface area contributed by atoms with Gasteiger partial charge in [0.25, 0.3) is 0 Å². The summed E-state index contributed by atoms with van der Waals surface area (Å²) < 4.78 is 11.3. The van der Waals surface area contributed by atoms with Crippen LogP contribution >= 0.6 is 0 Å². The Morgan fingerprint density at radius 3 is 2.71 bits per heavy atom. The van der Waals surface area contributed by atoms with E-state index >= 15 is 0 Å². The Morgan fingerprint density at radius 2 is 2.00 bits per heavy atom. The van der Waals surface area contributed by atoms with Gasteiger partial charge in [0.1, 0.15) is 6.61 Å². The summed E-state index contributed by atoms with van der Waals surface area (Å²) in [5.41, 5.74) is 1.27. The number of methoxy groups -OCH3 is 1. The second-order valence-corrected chi connectivity index (χ2v) is 6.01. The van der Waals surface area contributed by atoms with Crippen LogP contribution in [-0.2, 0) is 6.42 Å². The number of benzene rings is 1. The van der Waals surface area contributed by atoms with Crippen LogP contribution in [0.15, 0.2) is 18.2 Å². The maximum Gasteiger partial charge on any atom is 0.161 e. The monoisotopic (exact) mass is 291 g/mol. The highest BCUT2D eigenvalue weighted by Gasteiger charge is 2.20. The second-order valence-electron chi connectivity index (χ2n) is 6.01. The van der Waals surface area contributed by atoms with Gasteiger partial charge in [-0.1, -0.05) is 32.8 Å². The summed E-state index contributed by atoms with van der Waals surface area (Å²) in [6, 6.07) is 6.84. The number of ether oxygens (including phenoxy) is 2. The first-order valence-corrected chi connectivity index (χ1v) is 8.27. The molecule has 21 heavy (non-hydrogen) atoms. The van der Waals surface area contributed by atoms with Crippen LogP contribution in [0.25, 0.3) is 0 Å². The van der Waals surface area contributed by atoms with Gasteiger partial charge in [-0.2, -0.15) is 0 Å². The Balaban J connectivity index is 1.77. The van der Waals surface area contributed by atoms with Crippen LogP contribution in [-0.4, -0.2) is 26.3 Å². The third-order valence-corrected chi connectivity index (χ3v) is 4.51. The van der Waals surface area contributed by atoms with Crippen LogP contribution < -0.4 is 14.8 Å². The fourth-order valence-electron chi connectivity index (χ4n) is 3.08. The van der Waals surface area contributed by atoms with Gasteiger partial charge in [-0.25, -0.2) is 0 Å². The quantitative estimate of drug-likeness (QED) is 0.775. The summed E-state index contributed by atoms with van der Waals surface area (Å²) in [4.78, 5) is 0. The molecular weight excluding hydrogens is 262 g/mol. The molecule has 0 aliphatic heterocycles. The standard InChI is InChI=1S/C18H29NO2/c1-4-15-9-10-17(18(13-15)20-3)21-12-11-19-16-8-6-5-7-14(16)2/h9-10,13-14,16,19H,4-8,11-12H2,1-3H3. The first-order valence-electron chi connectivity index (χ1n) is 8.27. The van der Waals surface area contributed by atoms with Crippen LogP contribution in [0.4, 0.5) is 0 Å². The third kappa shape index (κ3) is 4.63. The molecule has 2 rings (SSSR count). The summed E-state index contributed by atoms with van der Waals surface area (Å²) >= 11 is 0. The van der Waals surface area contributed by atoms with Gasteiger partial charge in [0.05, 0.1) is 7.11 Å². The van der Waals surface area contributed by atoms with Gasteiger partial charge in [-0.15, -0.1) is 0 Å². The average molecular weight is 291 g/mol. The lowest BCUT2D eigenvalue weighted by Crippen LogP contribution is -2.39. The Morgan fingerprint density at radius 1 is 1.19 bits per heavy atom. The highest BCUT2D eigenvalue weighted by molar-refractivity contribution is 5.42. The summed E-state index contributed by atoms with van der Waals surface area (Å²) in [7, 11) is 1.70. The molecule has 1 aliphatic rings. The van der Waals surface area contributed by atoms with Crippen LogP contribution in [0.5, 0.6) is 11.5 Å². The molecule has 1 aliphatic carbocycles. The van der Waals surface area contributed by atoms with Crippen LogP contribution in [0, 0.1) is 5.92 Å². The van der Waals surface area contributed by atoms with E-state index in [0.29, 0.717) is 12.6 Å². The fraction of sp³-hybridized carbons (Fsp3) is 0.667. The van der Waals surface area contributed by atoms with Crippen molar-refractivity contribution in [1.82, 2.24) is 5.32 Å². The molecular formula is C18H29NO2. The zero-order valence-electron chi connectivity index (χ0n) is 13.7. The van der Waals surface area contributed by atoms with Gasteiger partial charge in [-0.3, -0.25) is 0 Å². The summed E-state index contributed by atoms with van der Waals surface area (Å²) in [5.74, 6) is 2.46. The minimum atomic E-state index is 0.659. The Labute approximate surface area is 129 Å². The highest BCUT2D eigenvalue weighted by atomic mass is 16.5. The van der Waals surface area contributed by atoms with Crippen molar-refractivity contribution >= 4 is 0 Å². The SMILES string of the molecule is CCc1ccc(OCCNC2CCCCC2C)c(OC)c1. The van der Waals surface area contributed by atoms with Crippen molar-refractivity contribution in [2.45, 2.75) is 52.0 Å². The number of hydrogen-bond acceptors (Lipinski definition) is 3. The zero-order valence-corrected chi connectivity index (χ0v) is 13.7. The Bertz CT molecular complexity index is 433. The van der Waals surface area contributed by atoms with Crippen LogP contribution in [0.3, 0.4) is 0 Å². The van der Waals surface area contributed by atoms with E-state index in [1.807, 2.05) is 6.07 Å². The minimum absolute atomic E-state index is 0.659. The average Bonchev–Trinajstić information content (AvgIpc) is 2.53. The topological polar surface area (TPSA) is 30.5 Å². The van der Waals surface area contributed by atoms with E-state index in [1.54, 1.807) is 7.11 Å². The Kier molecular flexibility index (Phi) is 6.37. The van der Waals surface area contributed by atoms with Crippen molar-refractivity contribution in [1.29, 1.82) is 0 Å². The lowest BCUT2D eigenvalue weighted by molar-refractivity contribution is 0.246. The molecule has 1 N–H and O–H groups in total. The molecule has 0 saturated heterocycles. The van der Waals surface area contributed by atoms with E-state index in [0.717, 1.165) is 30.4 Å². The third-order valence-electron chi connectivity index (χ3n) is 4.51. The van der Waals surface area contributed by atoms with Crippen molar-refractivity contribution in [2.75, 3.05) is 20.3 Å². The summed E-state index contributed by atoms with van der Waals surface area (Å²) in [6.07, 6.45) is 6.41. The van der Waals surface area contributed by atoms with E-state index < -0.39 is 0 Å². The number of nitrogens with one attached hydrogen (secondary N) is 1. The Hall–Kier alpha value is -1.22. The van der Waals surface area contributed by atoms with Crippen molar-refractivity contribution in [3.63, 3.8) is 0 Å². The van der Waals surface area contributed by atoms with Gasteiger partial charge in [0.15, 0.2) is 11.5 Å². The lowest BCUT2D eigenvalue weighted by Gasteiger charge is -2.29. The molecule has 3 heteroatoms. The lowest BCUT2D eigenvalue weighted by atomic mass is 9.86. The van der Waals surface area contributed by atoms with Gasteiger partial charge in [0, 0.05) is 12.6 Å². The van der Waals surface area contributed by atoms with E-state index in [4.69, 9.17) is 9.47 Å². The summed E-state index contributed by atoms with van der Waals surface area (Å²) in [5, 5.41) is 3.64. The molecule has 1 aromatic carbocycles. The molecule has 2 unspecified atom stereocenters. The first kappa shape index (κ1) is 16.2. The largest absolute Gasteiger partial charge is 0.493 e. The molecule has 1 aromatic rings. The predicted octanol–water partition coefficient (Wildman–Crippen LogP) is 3.80. The van der Waals surface area contributed by atoms with Crippen LogP contribution in [0.2, 0.25) is 0 Å². The molecule has 0 aromatic heterocycles. The van der Waals surface area contributed by atoms with Crippen LogP contribution in [0.1, 0.15) is 45.1 Å². The molecule has 2 atom stereocenters. The first-order chi connectivity index (χ1) is 10.2. The molecule has 1 fully saturated rings. The van der Waals surface area contributed by atoms with E-state index in [9.17, 15) is 0 Å². The molecule has 3 nitrogen and oxygen atoms in total. The molecule has 0 heterocycles. The summed E-state index contributed by atoms with van der Waals surface area (Å²) in [6.45, 7) is 6.08. The maximum atomic E-state index is 5.87. The van der Waals surface area contributed by atoms with E-state index in [-0.39, 0.29) is 0 Å². The van der Waals surface area contributed by atoms with Gasteiger partial charge in [-0.05, 0) is 42.9 Å². The normalized spacial score (nSPS) is 22.0. The zero-order chi connectivity index (χ0) is 15.1. The maximum absolute atomic E-state index is 5.87. The molecule has 1 saturated carbocycles. The number of aryl methyl sites for hydroxylation is 1. The minimum Gasteiger partial charge on any atom is -0.493 e.